The van der Waals surface area contributed by atoms with Crippen LogP contribution in [0, 0.1) is 30.1 Å². The van der Waals surface area contributed by atoms with Crippen molar-refractivity contribution in [3.63, 3.8) is 0 Å². The summed E-state index contributed by atoms with van der Waals surface area (Å²) >= 11 is 0. The van der Waals surface area contributed by atoms with Crippen molar-refractivity contribution in [2.24, 2.45) is 23.2 Å². The summed E-state index contributed by atoms with van der Waals surface area (Å²) in [4.78, 5) is 18.8. The van der Waals surface area contributed by atoms with Crippen LogP contribution in [0.15, 0.2) is 10.9 Å². The van der Waals surface area contributed by atoms with E-state index in [1.165, 1.54) is 38.5 Å². The van der Waals surface area contributed by atoms with Crippen molar-refractivity contribution in [2.75, 3.05) is 5.32 Å². The highest BCUT2D eigenvalue weighted by Gasteiger charge is 2.53. The van der Waals surface area contributed by atoms with Crippen LogP contribution in [0.25, 0.3) is 0 Å². The molecular formula is C17H25N3O. The van der Waals surface area contributed by atoms with Gasteiger partial charge in [-0.25, -0.2) is 4.98 Å². The molecule has 0 amide bonds. The van der Waals surface area contributed by atoms with Gasteiger partial charge >= 0.3 is 0 Å². The van der Waals surface area contributed by atoms with Gasteiger partial charge in [0.25, 0.3) is 5.56 Å². The molecule has 114 valence electrons. The lowest BCUT2D eigenvalue weighted by Gasteiger charge is -2.59. The average molecular weight is 287 g/mol. The van der Waals surface area contributed by atoms with Crippen LogP contribution in [0.3, 0.4) is 0 Å². The Hall–Kier alpha value is -1.32. The monoisotopic (exact) mass is 287 g/mol. The van der Waals surface area contributed by atoms with E-state index < -0.39 is 0 Å². The molecule has 4 aliphatic rings. The van der Waals surface area contributed by atoms with E-state index in [0.29, 0.717) is 17.3 Å². The average Bonchev–Trinajstić information content (AvgIpc) is 2.35. The molecule has 1 aromatic rings. The zero-order valence-corrected chi connectivity index (χ0v) is 13.0. The van der Waals surface area contributed by atoms with E-state index in [-0.39, 0.29) is 5.56 Å². The molecule has 1 aromatic heterocycles. The number of aromatic nitrogens is 2. The lowest BCUT2D eigenvalue weighted by atomic mass is 9.48. The first-order valence-corrected chi connectivity index (χ1v) is 8.37. The Kier molecular flexibility index (Phi) is 2.92. The summed E-state index contributed by atoms with van der Waals surface area (Å²) in [5, 5.41) is 3.55. The maximum Gasteiger partial charge on any atom is 0.252 e. The number of nitrogens with one attached hydrogen (secondary N) is 2. The van der Waals surface area contributed by atoms with Crippen LogP contribution in [0.2, 0.25) is 0 Å². The van der Waals surface area contributed by atoms with Crippen molar-refractivity contribution < 1.29 is 0 Å². The van der Waals surface area contributed by atoms with Gasteiger partial charge in [-0.15, -0.1) is 0 Å². The molecule has 1 atom stereocenters. The van der Waals surface area contributed by atoms with Gasteiger partial charge in [0.1, 0.15) is 11.6 Å². The molecule has 0 saturated heterocycles. The maximum atomic E-state index is 11.6. The lowest BCUT2D eigenvalue weighted by molar-refractivity contribution is -0.0603. The maximum absolute atomic E-state index is 11.6. The van der Waals surface area contributed by atoms with Crippen LogP contribution in [0.1, 0.15) is 51.3 Å². The molecule has 0 aromatic carbocycles. The Balaban J connectivity index is 1.57. The van der Waals surface area contributed by atoms with Gasteiger partial charge < -0.3 is 10.3 Å². The summed E-state index contributed by atoms with van der Waals surface area (Å²) in [6.07, 6.45) is 8.51. The van der Waals surface area contributed by atoms with Crippen molar-refractivity contribution in [1.82, 2.24) is 9.97 Å². The molecule has 1 unspecified atom stereocenters. The number of aromatic amines is 1. The molecule has 4 fully saturated rings. The summed E-state index contributed by atoms with van der Waals surface area (Å²) in [7, 11) is 0. The lowest BCUT2D eigenvalue weighted by Crippen LogP contribution is -2.53. The number of hydrogen-bond donors (Lipinski definition) is 2. The van der Waals surface area contributed by atoms with E-state index in [1.807, 2.05) is 6.92 Å². The zero-order valence-electron chi connectivity index (χ0n) is 13.0. The Morgan fingerprint density at radius 1 is 1.24 bits per heavy atom. The quantitative estimate of drug-likeness (QED) is 0.898. The number of hydrogen-bond acceptors (Lipinski definition) is 3. The van der Waals surface area contributed by atoms with Crippen LogP contribution in [-0.4, -0.2) is 16.0 Å². The van der Waals surface area contributed by atoms with Crippen LogP contribution in [0.4, 0.5) is 5.82 Å². The van der Waals surface area contributed by atoms with Crippen molar-refractivity contribution in [3.8, 4) is 0 Å². The molecule has 0 spiro atoms. The van der Waals surface area contributed by atoms with Gasteiger partial charge in [0, 0.05) is 12.1 Å². The molecular weight excluding hydrogens is 262 g/mol. The van der Waals surface area contributed by atoms with Crippen molar-refractivity contribution in [2.45, 2.75) is 58.4 Å². The predicted octanol–water partition coefficient (Wildman–Crippen LogP) is 3.10. The van der Waals surface area contributed by atoms with Crippen LogP contribution >= 0.6 is 0 Å². The normalized spacial score (nSPS) is 38.5. The van der Waals surface area contributed by atoms with E-state index in [2.05, 4.69) is 22.2 Å². The third-order valence-electron chi connectivity index (χ3n) is 6.23. The Morgan fingerprint density at radius 2 is 1.81 bits per heavy atom. The van der Waals surface area contributed by atoms with Gasteiger partial charge in [-0.1, -0.05) is 0 Å². The van der Waals surface area contributed by atoms with E-state index in [9.17, 15) is 4.79 Å². The Labute approximate surface area is 125 Å². The number of rotatable bonds is 3. The molecule has 0 radical (unpaired) electrons. The molecule has 4 heteroatoms. The molecule has 5 rings (SSSR count). The van der Waals surface area contributed by atoms with Gasteiger partial charge in [-0.3, -0.25) is 4.79 Å². The highest BCUT2D eigenvalue weighted by Crippen LogP contribution is 2.61. The smallest absolute Gasteiger partial charge is 0.252 e. The van der Waals surface area contributed by atoms with E-state index in [1.54, 1.807) is 6.07 Å². The second-order valence-corrected chi connectivity index (χ2v) is 7.86. The van der Waals surface area contributed by atoms with Crippen molar-refractivity contribution in [1.29, 1.82) is 0 Å². The number of nitrogens with zero attached hydrogens (tertiary/aromatic N) is 1. The predicted molar refractivity (Wildman–Crippen MR) is 83.3 cm³/mol. The second kappa shape index (κ2) is 4.59. The summed E-state index contributed by atoms with van der Waals surface area (Å²) in [5.74, 6) is 4.28. The van der Waals surface area contributed by atoms with Crippen LogP contribution in [-0.2, 0) is 0 Å². The van der Waals surface area contributed by atoms with E-state index >= 15 is 0 Å². The zero-order chi connectivity index (χ0) is 14.6. The van der Waals surface area contributed by atoms with E-state index in [0.717, 1.165) is 23.6 Å². The Bertz CT molecular complexity index is 571. The molecule has 4 nitrogen and oxygen atoms in total. The van der Waals surface area contributed by atoms with E-state index in [4.69, 9.17) is 0 Å². The van der Waals surface area contributed by atoms with Gasteiger partial charge in [0.15, 0.2) is 0 Å². The third-order valence-corrected chi connectivity index (χ3v) is 6.23. The number of anilines is 1. The van der Waals surface area contributed by atoms with Gasteiger partial charge in [-0.2, -0.15) is 0 Å². The Morgan fingerprint density at radius 3 is 2.33 bits per heavy atom. The van der Waals surface area contributed by atoms with Crippen LogP contribution < -0.4 is 10.9 Å². The largest absolute Gasteiger partial charge is 0.367 e. The molecule has 21 heavy (non-hydrogen) atoms. The third kappa shape index (κ3) is 2.29. The first kappa shape index (κ1) is 13.4. The molecule has 4 bridgehead atoms. The summed E-state index contributed by atoms with van der Waals surface area (Å²) in [6, 6.07) is 1.99. The minimum atomic E-state index is -0.0669. The van der Waals surface area contributed by atoms with Crippen LogP contribution in [0.5, 0.6) is 0 Å². The SMILES string of the molecule is Cc1nc(NC(C)C23CC4CC(CC(C4)C2)C3)cc(=O)[nH]1. The fourth-order valence-electron chi connectivity index (χ4n) is 5.74. The minimum absolute atomic E-state index is 0.0669. The second-order valence-electron chi connectivity index (χ2n) is 7.86. The van der Waals surface area contributed by atoms with Crippen molar-refractivity contribution >= 4 is 5.82 Å². The molecule has 1 heterocycles. The number of H-pyrrole nitrogens is 1. The molecule has 2 N–H and O–H groups in total. The minimum Gasteiger partial charge on any atom is -0.367 e. The molecule has 0 aliphatic heterocycles. The van der Waals surface area contributed by atoms with Gasteiger partial charge in [-0.05, 0) is 75.5 Å². The van der Waals surface area contributed by atoms with Crippen molar-refractivity contribution in [3.05, 3.63) is 22.2 Å². The first-order chi connectivity index (χ1) is 10.0. The summed E-state index contributed by atoms with van der Waals surface area (Å²) < 4.78 is 0. The highest BCUT2D eigenvalue weighted by atomic mass is 16.1. The molecule has 4 aliphatic carbocycles. The summed E-state index contributed by atoms with van der Waals surface area (Å²) in [6.45, 7) is 4.13. The summed E-state index contributed by atoms with van der Waals surface area (Å²) in [5.41, 5.74) is 0.371. The number of aryl methyl sites for hydroxylation is 1. The fourth-order valence-corrected chi connectivity index (χ4v) is 5.74. The van der Waals surface area contributed by atoms with Gasteiger partial charge in [0.2, 0.25) is 0 Å². The van der Waals surface area contributed by atoms with Gasteiger partial charge in [0.05, 0.1) is 0 Å². The first-order valence-electron chi connectivity index (χ1n) is 8.37. The fraction of sp³-hybridized carbons (Fsp3) is 0.765. The standard InChI is InChI=1S/C17H25N3O/c1-10(18-15-6-16(21)20-11(2)19-15)17-7-12-3-13(8-17)5-14(4-12)9-17/h6,10,12-14H,3-5,7-9H2,1-2H3,(H2,18,19,20,21). The molecule has 4 saturated carbocycles. The highest BCUT2D eigenvalue weighted by molar-refractivity contribution is 5.35. The topological polar surface area (TPSA) is 57.8 Å².